The first-order valence-electron chi connectivity index (χ1n) is 10.2. The number of esters is 2. The van der Waals surface area contributed by atoms with Crippen molar-refractivity contribution in [1.29, 1.82) is 0 Å². The van der Waals surface area contributed by atoms with E-state index in [1.165, 1.54) is 25.0 Å². The molecular weight excluding hydrogens is 415 g/mol. The van der Waals surface area contributed by atoms with Crippen LogP contribution in [0.5, 0.6) is 0 Å². The number of carbonyl (C=O) groups excluding carboxylic acids is 2. The van der Waals surface area contributed by atoms with Crippen molar-refractivity contribution in [3.8, 4) is 16.9 Å². The van der Waals surface area contributed by atoms with Gasteiger partial charge in [-0.1, -0.05) is 43.7 Å². The Hall–Kier alpha value is -3.52. The van der Waals surface area contributed by atoms with Gasteiger partial charge in [-0.15, -0.1) is 0 Å². The van der Waals surface area contributed by atoms with Crippen LogP contribution in [0.25, 0.3) is 16.9 Å². The van der Waals surface area contributed by atoms with Crippen molar-refractivity contribution in [1.82, 2.24) is 9.78 Å². The Morgan fingerprint density at radius 2 is 1.75 bits per heavy atom. The summed E-state index contributed by atoms with van der Waals surface area (Å²) in [5.74, 6) is -2.05. The zero-order valence-corrected chi connectivity index (χ0v) is 18.3. The summed E-state index contributed by atoms with van der Waals surface area (Å²) in [5, 5.41) is 4.46. The monoisotopic (exact) mass is 440 g/mol. The van der Waals surface area contributed by atoms with E-state index in [0.717, 1.165) is 12.8 Å². The fraction of sp³-hybridized carbons (Fsp3) is 0.292. The quantitative estimate of drug-likeness (QED) is 0.358. The van der Waals surface area contributed by atoms with E-state index < -0.39 is 17.8 Å². The molecule has 7 nitrogen and oxygen atoms in total. The molecule has 3 aromatic rings. The van der Waals surface area contributed by atoms with Crippen LogP contribution in [0.3, 0.4) is 0 Å². The van der Waals surface area contributed by atoms with Crippen LogP contribution in [0.4, 0.5) is 4.39 Å². The molecule has 2 aromatic carbocycles. The van der Waals surface area contributed by atoms with E-state index >= 15 is 0 Å². The molecular formula is C24H25FN2O5. The summed E-state index contributed by atoms with van der Waals surface area (Å²) in [7, 11) is 2.41. The molecule has 0 N–H and O–H groups in total. The first kappa shape index (κ1) is 23.1. The minimum Gasteiger partial charge on any atom is -0.465 e. The molecule has 3 rings (SSSR count). The molecule has 0 saturated heterocycles. The number of benzene rings is 2. The number of hydrogen-bond acceptors (Lipinski definition) is 6. The minimum atomic E-state index is -0.782. The summed E-state index contributed by atoms with van der Waals surface area (Å²) in [6.45, 7) is 2.74. The predicted octanol–water partition coefficient (Wildman–Crippen LogP) is 4.57. The number of nitrogens with zero attached hydrogens (tertiary/aromatic N) is 2. The zero-order chi connectivity index (χ0) is 23.1. The second kappa shape index (κ2) is 10.7. The van der Waals surface area contributed by atoms with Gasteiger partial charge in [0.15, 0.2) is 5.69 Å². The van der Waals surface area contributed by atoms with Gasteiger partial charge >= 0.3 is 11.9 Å². The van der Waals surface area contributed by atoms with E-state index in [4.69, 9.17) is 14.2 Å². The molecule has 0 bridgehead atoms. The third-order valence-corrected chi connectivity index (χ3v) is 4.88. The van der Waals surface area contributed by atoms with Crippen LogP contribution in [0.1, 0.15) is 46.2 Å². The van der Waals surface area contributed by atoms with Crippen LogP contribution in [-0.2, 0) is 20.8 Å². The largest absolute Gasteiger partial charge is 0.465 e. The highest BCUT2D eigenvalue weighted by molar-refractivity contribution is 6.06. The topological polar surface area (TPSA) is 79.7 Å². The maximum atomic E-state index is 14.8. The summed E-state index contributed by atoms with van der Waals surface area (Å²) in [6.07, 6.45) is 1.89. The number of halogens is 1. The fourth-order valence-electron chi connectivity index (χ4n) is 3.20. The number of ether oxygens (including phenoxy) is 3. The number of carbonyl (C=O) groups is 2. The zero-order valence-electron chi connectivity index (χ0n) is 18.3. The lowest BCUT2D eigenvalue weighted by Crippen LogP contribution is -2.15. The summed E-state index contributed by atoms with van der Waals surface area (Å²) in [5.41, 5.74) is 1.15. The minimum absolute atomic E-state index is 0.102. The summed E-state index contributed by atoms with van der Waals surface area (Å²) in [6, 6.07) is 13.3. The van der Waals surface area contributed by atoms with E-state index in [1.807, 2.05) is 6.07 Å². The number of aromatic nitrogens is 2. The number of para-hydroxylation sites is 1. The third kappa shape index (κ3) is 4.86. The molecule has 0 amide bonds. The smallest absolute Gasteiger partial charge is 0.357 e. The summed E-state index contributed by atoms with van der Waals surface area (Å²) in [4.78, 5) is 25.3. The van der Waals surface area contributed by atoms with E-state index in [1.54, 1.807) is 36.4 Å². The van der Waals surface area contributed by atoms with Gasteiger partial charge in [0.2, 0.25) is 0 Å². The number of hydrogen-bond donors (Lipinski definition) is 0. The normalized spacial score (nSPS) is 10.8. The number of rotatable bonds is 9. The molecule has 0 unspecified atom stereocenters. The Labute approximate surface area is 185 Å². The van der Waals surface area contributed by atoms with Gasteiger partial charge in [-0.2, -0.15) is 5.10 Å². The van der Waals surface area contributed by atoms with E-state index in [0.29, 0.717) is 23.4 Å². The Morgan fingerprint density at radius 1 is 1.03 bits per heavy atom. The molecule has 0 fully saturated rings. The van der Waals surface area contributed by atoms with Gasteiger partial charge in [-0.3, -0.25) is 0 Å². The average molecular weight is 440 g/mol. The van der Waals surface area contributed by atoms with Crippen LogP contribution in [0, 0.1) is 5.82 Å². The number of methoxy groups -OCH3 is 2. The Morgan fingerprint density at radius 3 is 2.38 bits per heavy atom. The van der Waals surface area contributed by atoms with Gasteiger partial charge in [0.05, 0.1) is 26.5 Å². The standard InChI is InChI=1S/C24H25FN2O5/c1-4-5-13-32-15-17-12-11-16(14-19(17)25)21-20(23(28)30-2)22(24(29)31-3)27(26-21)18-9-7-6-8-10-18/h6-12,14H,4-5,13,15H2,1-3H3. The van der Waals surface area contributed by atoms with Crippen molar-refractivity contribution in [2.45, 2.75) is 26.4 Å². The lowest BCUT2D eigenvalue weighted by atomic mass is 10.0. The van der Waals surface area contributed by atoms with Gasteiger partial charge < -0.3 is 14.2 Å². The molecule has 0 atom stereocenters. The van der Waals surface area contributed by atoms with Crippen LogP contribution >= 0.6 is 0 Å². The maximum Gasteiger partial charge on any atom is 0.357 e. The molecule has 0 aliphatic rings. The molecule has 0 spiro atoms. The van der Waals surface area contributed by atoms with Gasteiger partial charge in [-0.25, -0.2) is 18.7 Å². The maximum absolute atomic E-state index is 14.8. The van der Waals surface area contributed by atoms with Crippen LogP contribution in [-0.4, -0.2) is 42.5 Å². The fourth-order valence-corrected chi connectivity index (χ4v) is 3.20. The predicted molar refractivity (Wildman–Crippen MR) is 116 cm³/mol. The summed E-state index contributed by atoms with van der Waals surface area (Å²) >= 11 is 0. The van der Waals surface area contributed by atoms with Crippen molar-refractivity contribution in [3.63, 3.8) is 0 Å². The molecule has 168 valence electrons. The average Bonchev–Trinajstić information content (AvgIpc) is 3.23. The van der Waals surface area contributed by atoms with Gasteiger partial charge in [0.1, 0.15) is 17.1 Å². The summed E-state index contributed by atoms with van der Waals surface area (Å²) < 4.78 is 31.4. The highest BCUT2D eigenvalue weighted by atomic mass is 19.1. The molecule has 1 heterocycles. The molecule has 1 aromatic heterocycles. The molecule has 0 aliphatic heterocycles. The lowest BCUT2D eigenvalue weighted by Gasteiger charge is -2.08. The van der Waals surface area contributed by atoms with Gasteiger partial charge in [-0.05, 0) is 24.6 Å². The third-order valence-electron chi connectivity index (χ3n) is 4.88. The molecule has 0 radical (unpaired) electrons. The van der Waals surface area contributed by atoms with Crippen LogP contribution in [0.2, 0.25) is 0 Å². The molecule has 0 saturated carbocycles. The van der Waals surface area contributed by atoms with Crippen molar-refractivity contribution < 1.29 is 28.2 Å². The Kier molecular flexibility index (Phi) is 7.72. The second-order valence-electron chi connectivity index (χ2n) is 7.02. The highest BCUT2D eigenvalue weighted by Gasteiger charge is 2.31. The molecule has 8 heteroatoms. The lowest BCUT2D eigenvalue weighted by molar-refractivity contribution is 0.0549. The Balaban J connectivity index is 2.11. The van der Waals surface area contributed by atoms with E-state index in [-0.39, 0.29) is 23.6 Å². The number of unbranched alkanes of at least 4 members (excludes halogenated alkanes) is 1. The first-order chi connectivity index (χ1) is 15.5. The van der Waals surface area contributed by atoms with Gasteiger partial charge in [0, 0.05) is 17.7 Å². The molecule has 0 aliphatic carbocycles. The molecule has 32 heavy (non-hydrogen) atoms. The SMILES string of the molecule is CCCCOCc1ccc(-c2nn(-c3ccccc3)c(C(=O)OC)c2C(=O)OC)cc1F. The van der Waals surface area contributed by atoms with Crippen molar-refractivity contribution >= 4 is 11.9 Å². The first-order valence-corrected chi connectivity index (χ1v) is 10.2. The van der Waals surface area contributed by atoms with Crippen LogP contribution in [0.15, 0.2) is 48.5 Å². The second-order valence-corrected chi connectivity index (χ2v) is 7.02. The highest BCUT2D eigenvalue weighted by Crippen LogP contribution is 2.30. The van der Waals surface area contributed by atoms with Crippen molar-refractivity contribution in [2.24, 2.45) is 0 Å². The van der Waals surface area contributed by atoms with E-state index in [2.05, 4.69) is 12.0 Å². The van der Waals surface area contributed by atoms with Crippen molar-refractivity contribution in [2.75, 3.05) is 20.8 Å². The Bertz CT molecular complexity index is 1100. The van der Waals surface area contributed by atoms with Gasteiger partial charge in [0.25, 0.3) is 0 Å². The van der Waals surface area contributed by atoms with Crippen LogP contribution < -0.4 is 0 Å². The van der Waals surface area contributed by atoms with E-state index in [9.17, 15) is 14.0 Å². The van der Waals surface area contributed by atoms with Crippen molar-refractivity contribution in [3.05, 3.63) is 71.2 Å².